The molecular formula is C10H13N3OS. The zero-order chi connectivity index (χ0) is 10.8. The van der Waals surface area contributed by atoms with Gasteiger partial charge in [0.2, 0.25) is 0 Å². The summed E-state index contributed by atoms with van der Waals surface area (Å²) in [4.78, 5) is 4.44. The fourth-order valence-electron chi connectivity index (χ4n) is 1.27. The third kappa shape index (κ3) is 2.19. The van der Waals surface area contributed by atoms with E-state index in [1.807, 2.05) is 37.3 Å². The minimum absolute atomic E-state index is 0.863. The molecule has 1 N–H and O–H groups in total. The van der Waals surface area contributed by atoms with Gasteiger partial charge >= 0.3 is 0 Å². The Morgan fingerprint density at radius 2 is 2.20 bits per heavy atom. The molecule has 0 saturated carbocycles. The van der Waals surface area contributed by atoms with Crippen molar-refractivity contribution in [3.63, 3.8) is 0 Å². The number of thiazole rings is 1. The Kier molecular flexibility index (Phi) is 2.75. The maximum Gasteiger partial charge on any atom is 0.198 e. The fourth-order valence-corrected chi connectivity index (χ4v) is 2.24. The summed E-state index contributed by atoms with van der Waals surface area (Å²) in [5.41, 5.74) is 4.12. The van der Waals surface area contributed by atoms with Crippen LogP contribution in [0.15, 0.2) is 18.2 Å². The van der Waals surface area contributed by atoms with E-state index in [1.54, 1.807) is 18.4 Å². The van der Waals surface area contributed by atoms with Gasteiger partial charge in [-0.15, -0.1) is 0 Å². The zero-order valence-electron chi connectivity index (χ0n) is 8.94. The summed E-state index contributed by atoms with van der Waals surface area (Å²) in [6.45, 7) is 0. The predicted molar refractivity (Wildman–Crippen MR) is 63.5 cm³/mol. The van der Waals surface area contributed by atoms with E-state index in [-0.39, 0.29) is 0 Å². The summed E-state index contributed by atoms with van der Waals surface area (Å²) in [6, 6.07) is 5.88. The monoisotopic (exact) mass is 223 g/mol. The molecule has 1 aromatic carbocycles. The van der Waals surface area contributed by atoms with E-state index in [2.05, 4.69) is 10.4 Å². The van der Waals surface area contributed by atoms with Crippen molar-refractivity contribution in [1.29, 1.82) is 0 Å². The maximum absolute atomic E-state index is 5.16. The van der Waals surface area contributed by atoms with Gasteiger partial charge in [0.15, 0.2) is 5.13 Å². The van der Waals surface area contributed by atoms with Crippen LogP contribution < -0.4 is 10.2 Å². The van der Waals surface area contributed by atoms with Crippen LogP contribution in [0.3, 0.4) is 0 Å². The third-order valence-electron chi connectivity index (χ3n) is 1.91. The van der Waals surface area contributed by atoms with Crippen LogP contribution in [0.1, 0.15) is 0 Å². The van der Waals surface area contributed by atoms with Crippen LogP contribution in [0.5, 0.6) is 5.75 Å². The first kappa shape index (κ1) is 10.2. The SMILES string of the molecule is COc1ccc2nc(NN(C)C)sc2c1. The fraction of sp³-hybridized carbons (Fsp3) is 0.300. The summed E-state index contributed by atoms with van der Waals surface area (Å²) in [6.07, 6.45) is 0. The number of benzene rings is 1. The van der Waals surface area contributed by atoms with Gasteiger partial charge in [-0.1, -0.05) is 11.3 Å². The highest BCUT2D eigenvalue weighted by atomic mass is 32.1. The number of anilines is 1. The van der Waals surface area contributed by atoms with Gasteiger partial charge in [0.25, 0.3) is 0 Å². The van der Waals surface area contributed by atoms with Gasteiger partial charge in [0.05, 0.1) is 17.3 Å². The van der Waals surface area contributed by atoms with Gasteiger partial charge in [-0.3, -0.25) is 5.43 Å². The minimum atomic E-state index is 0.863. The van der Waals surface area contributed by atoms with E-state index in [0.717, 1.165) is 21.1 Å². The summed E-state index contributed by atoms with van der Waals surface area (Å²) < 4.78 is 6.28. The number of hydrogen-bond donors (Lipinski definition) is 1. The van der Waals surface area contributed by atoms with E-state index < -0.39 is 0 Å². The van der Waals surface area contributed by atoms with Gasteiger partial charge < -0.3 is 4.74 Å². The Morgan fingerprint density at radius 1 is 1.40 bits per heavy atom. The van der Waals surface area contributed by atoms with E-state index in [0.29, 0.717) is 0 Å². The molecule has 5 heteroatoms. The number of hydrogen-bond acceptors (Lipinski definition) is 5. The molecule has 2 rings (SSSR count). The number of hydrazine groups is 1. The van der Waals surface area contributed by atoms with Gasteiger partial charge in [-0.2, -0.15) is 0 Å². The molecule has 2 aromatic rings. The second kappa shape index (κ2) is 4.04. The van der Waals surface area contributed by atoms with Gasteiger partial charge in [-0.05, 0) is 18.2 Å². The summed E-state index contributed by atoms with van der Waals surface area (Å²) in [5.74, 6) is 0.863. The number of ether oxygens (including phenoxy) is 1. The first-order chi connectivity index (χ1) is 7.19. The average Bonchev–Trinajstić information content (AvgIpc) is 2.57. The second-order valence-corrected chi connectivity index (χ2v) is 4.39. The molecule has 0 atom stereocenters. The number of nitrogens with zero attached hydrogens (tertiary/aromatic N) is 2. The third-order valence-corrected chi connectivity index (χ3v) is 2.84. The Morgan fingerprint density at radius 3 is 2.87 bits per heavy atom. The first-order valence-corrected chi connectivity index (χ1v) is 5.39. The topological polar surface area (TPSA) is 37.4 Å². The van der Waals surface area contributed by atoms with Crippen molar-refractivity contribution in [2.75, 3.05) is 26.6 Å². The molecule has 0 aliphatic carbocycles. The normalized spacial score (nSPS) is 10.9. The lowest BCUT2D eigenvalue weighted by molar-refractivity contribution is 0.415. The molecule has 0 saturated heterocycles. The maximum atomic E-state index is 5.16. The molecule has 0 unspecified atom stereocenters. The Balaban J connectivity index is 2.37. The van der Waals surface area contributed by atoms with E-state index >= 15 is 0 Å². The average molecular weight is 223 g/mol. The van der Waals surface area contributed by atoms with Crippen LogP contribution in [-0.2, 0) is 0 Å². The van der Waals surface area contributed by atoms with Crippen molar-refractivity contribution >= 4 is 26.7 Å². The van der Waals surface area contributed by atoms with Crippen molar-refractivity contribution < 1.29 is 4.74 Å². The molecule has 0 spiro atoms. The highest BCUT2D eigenvalue weighted by Crippen LogP contribution is 2.28. The molecule has 1 heterocycles. The summed E-state index contributed by atoms with van der Waals surface area (Å²) >= 11 is 1.61. The van der Waals surface area contributed by atoms with Gasteiger partial charge in [0, 0.05) is 14.1 Å². The largest absolute Gasteiger partial charge is 0.497 e. The van der Waals surface area contributed by atoms with Crippen molar-refractivity contribution in [3.05, 3.63) is 18.2 Å². The van der Waals surface area contributed by atoms with Crippen molar-refractivity contribution in [1.82, 2.24) is 9.99 Å². The second-order valence-electron chi connectivity index (χ2n) is 3.36. The number of aromatic nitrogens is 1. The Hall–Kier alpha value is -1.33. The van der Waals surface area contributed by atoms with Crippen LogP contribution in [0, 0.1) is 0 Å². The van der Waals surface area contributed by atoms with Crippen LogP contribution >= 0.6 is 11.3 Å². The Labute approximate surface area is 92.5 Å². The summed E-state index contributed by atoms with van der Waals surface area (Å²) in [7, 11) is 5.54. The first-order valence-electron chi connectivity index (χ1n) is 4.57. The lowest BCUT2D eigenvalue weighted by Gasteiger charge is -2.08. The van der Waals surface area contributed by atoms with Crippen molar-refractivity contribution in [2.24, 2.45) is 0 Å². The van der Waals surface area contributed by atoms with E-state index in [9.17, 15) is 0 Å². The van der Waals surface area contributed by atoms with Crippen LogP contribution in [0.25, 0.3) is 10.2 Å². The highest BCUT2D eigenvalue weighted by Gasteiger charge is 2.04. The molecular weight excluding hydrogens is 210 g/mol. The van der Waals surface area contributed by atoms with Crippen LogP contribution in [-0.4, -0.2) is 31.2 Å². The van der Waals surface area contributed by atoms with Gasteiger partial charge in [-0.25, -0.2) is 9.99 Å². The highest BCUT2D eigenvalue weighted by molar-refractivity contribution is 7.22. The molecule has 0 aliphatic heterocycles. The minimum Gasteiger partial charge on any atom is -0.497 e. The zero-order valence-corrected chi connectivity index (χ0v) is 9.76. The van der Waals surface area contributed by atoms with E-state index in [1.165, 1.54) is 0 Å². The van der Waals surface area contributed by atoms with Crippen molar-refractivity contribution in [3.8, 4) is 5.75 Å². The lowest BCUT2D eigenvalue weighted by atomic mass is 10.3. The Bertz CT molecular complexity index is 467. The molecule has 0 radical (unpaired) electrons. The molecule has 4 nitrogen and oxygen atoms in total. The molecule has 15 heavy (non-hydrogen) atoms. The lowest BCUT2D eigenvalue weighted by Crippen LogP contribution is -2.19. The van der Waals surface area contributed by atoms with Crippen LogP contribution in [0.4, 0.5) is 5.13 Å². The predicted octanol–water partition coefficient (Wildman–Crippen LogP) is 2.19. The van der Waals surface area contributed by atoms with Gasteiger partial charge in [0.1, 0.15) is 5.75 Å². The molecule has 0 aliphatic rings. The number of methoxy groups -OCH3 is 1. The van der Waals surface area contributed by atoms with Crippen LogP contribution in [0.2, 0.25) is 0 Å². The quantitative estimate of drug-likeness (QED) is 0.809. The molecule has 80 valence electrons. The van der Waals surface area contributed by atoms with Crippen molar-refractivity contribution in [2.45, 2.75) is 0 Å². The number of nitrogens with one attached hydrogen (secondary N) is 1. The smallest absolute Gasteiger partial charge is 0.198 e. The summed E-state index contributed by atoms with van der Waals surface area (Å²) in [5, 5.41) is 2.76. The van der Waals surface area contributed by atoms with E-state index in [4.69, 9.17) is 4.74 Å². The standard InChI is InChI=1S/C10H13N3OS/c1-13(2)12-10-11-8-5-4-7(14-3)6-9(8)15-10/h4-6H,1-3H3,(H,11,12). The number of rotatable bonds is 3. The molecule has 1 aromatic heterocycles. The number of fused-ring (bicyclic) bond motifs is 1. The molecule has 0 fully saturated rings. The molecule has 0 bridgehead atoms. The molecule has 0 amide bonds.